The number of anilines is 3. The van der Waals surface area contributed by atoms with E-state index >= 15 is 0 Å². The average Bonchev–Trinajstić information content (AvgIpc) is 2.90. The molecule has 0 radical (unpaired) electrons. The van der Waals surface area contributed by atoms with E-state index in [1.807, 2.05) is 43.3 Å². The number of aromatic nitrogens is 4. The second kappa shape index (κ2) is 11.5. The lowest BCUT2D eigenvalue weighted by Crippen LogP contribution is -2.16. The Bertz CT molecular complexity index is 1460. The lowest BCUT2D eigenvalue weighted by atomic mass is 9.84. The monoisotopic (exact) mass is 514 g/mol. The summed E-state index contributed by atoms with van der Waals surface area (Å²) in [6.45, 7) is 2.27. The van der Waals surface area contributed by atoms with E-state index in [4.69, 9.17) is 32.7 Å². The number of hydrogen-bond acceptors (Lipinski definition) is 10. The summed E-state index contributed by atoms with van der Waals surface area (Å²) in [5.41, 5.74) is 26.6. The molecule has 1 amide bonds. The zero-order valence-electron chi connectivity index (χ0n) is 21.0. The molecule has 0 bridgehead atoms. The molecule has 2 aromatic carbocycles. The Morgan fingerprint density at radius 2 is 1.76 bits per heavy atom. The molecule has 11 heteroatoms. The standard InChI is InChI=1S/C27H30N8O3/c1-15(7-10-22(36)38-14-16-5-3-2-4-6-16)11-18(17-8-9-20(28)19(12-17)25(30)37)21-13-32-26-23(33-21)24(29)34-27(31)35-26/h2-6,8-9,12-13,15,18H,7,10-11,14,28H2,1H3,(H2,30,37)(H4,29,31,32,34,35)/t15-,18-/m0/s1. The van der Waals surface area contributed by atoms with Crippen LogP contribution in [0, 0.1) is 5.92 Å². The molecule has 38 heavy (non-hydrogen) atoms. The van der Waals surface area contributed by atoms with Gasteiger partial charge in [0.25, 0.3) is 5.91 Å². The summed E-state index contributed by atoms with van der Waals surface area (Å²) >= 11 is 0. The van der Waals surface area contributed by atoms with Crippen molar-refractivity contribution in [2.45, 2.75) is 38.7 Å². The van der Waals surface area contributed by atoms with Crippen molar-refractivity contribution in [3.8, 4) is 0 Å². The molecule has 11 nitrogen and oxygen atoms in total. The second-order valence-electron chi connectivity index (χ2n) is 9.22. The van der Waals surface area contributed by atoms with Gasteiger partial charge in [-0.25, -0.2) is 9.97 Å². The van der Waals surface area contributed by atoms with E-state index in [0.717, 1.165) is 11.1 Å². The first-order valence-electron chi connectivity index (χ1n) is 12.2. The first-order chi connectivity index (χ1) is 18.2. The number of carbonyl (C=O) groups is 2. The van der Waals surface area contributed by atoms with Gasteiger partial charge in [-0.05, 0) is 42.0 Å². The number of primary amides is 1. The maximum atomic E-state index is 12.4. The second-order valence-corrected chi connectivity index (χ2v) is 9.22. The fourth-order valence-corrected chi connectivity index (χ4v) is 4.25. The summed E-state index contributed by atoms with van der Waals surface area (Å²) in [7, 11) is 0. The van der Waals surface area contributed by atoms with Crippen LogP contribution in [0.2, 0.25) is 0 Å². The van der Waals surface area contributed by atoms with Crippen molar-refractivity contribution in [1.29, 1.82) is 0 Å². The molecule has 0 spiro atoms. The summed E-state index contributed by atoms with van der Waals surface area (Å²) in [6.07, 6.45) is 3.03. The van der Waals surface area contributed by atoms with Crippen LogP contribution in [0.15, 0.2) is 54.7 Å². The van der Waals surface area contributed by atoms with Crippen LogP contribution in [-0.4, -0.2) is 31.8 Å². The smallest absolute Gasteiger partial charge is 0.306 e. The van der Waals surface area contributed by atoms with Gasteiger partial charge in [0.1, 0.15) is 6.61 Å². The van der Waals surface area contributed by atoms with Crippen molar-refractivity contribution in [3.05, 3.63) is 77.1 Å². The Balaban J connectivity index is 1.55. The van der Waals surface area contributed by atoms with Gasteiger partial charge in [0.2, 0.25) is 5.95 Å². The number of fused-ring (bicyclic) bond motifs is 1. The van der Waals surface area contributed by atoms with E-state index in [0.29, 0.717) is 24.1 Å². The molecule has 4 rings (SSSR count). The summed E-state index contributed by atoms with van der Waals surface area (Å²) in [4.78, 5) is 41.5. The van der Waals surface area contributed by atoms with E-state index in [9.17, 15) is 9.59 Å². The molecule has 0 fully saturated rings. The molecule has 0 aliphatic carbocycles. The average molecular weight is 515 g/mol. The van der Waals surface area contributed by atoms with Crippen molar-refractivity contribution in [3.63, 3.8) is 0 Å². The van der Waals surface area contributed by atoms with E-state index in [-0.39, 0.29) is 59.5 Å². The molecule has 0 aliphatic rings. The number of amides is 1. The Kier molecular flexibility index (Phi) is 7.95. The Labute approximate surface area is 219 Å². The van der Waals surface area contributed by atoms with Crippen molar-refractivity contribution in [2.75, 3.05) is 17.2 Å². The summed E-state index contributed by atoms with van der Waals surface area (Å²) in [6, 6.07) is 14.6. The molecular weight excluding hydrogens is 484 g/mol. The number of nitrogens with zero attached hydrogens (tertiary/aromatic N) is 4. The van der Waals surface area contributed by atoms with Crippen LogP contribution in [-0.2, 0) is 16.1 Å². The summed E-state index contributed by atoms with van der Waals surface area (Å²) in [5, 5.41) is 0. The molecule has 0 saturated heterocycles. The largest absolute Gasteiger partial charge is 0.461 e. The third-order valence-electron chi connectivity index (χ3n) is 6.29. The highest BCUT2D eigenvalue weighted by Crippen LogP contribution is 2.34. The fraction of sp³-hybridized carbons (Fsp3) is 0.259. The molecule has 2 atom stereocenters. The molecular formula is C27H30N8O3. The fourth-order valence-electron chi connectivity index (χ4n) is 4.25. The van der Waals surface area contributed by atoms with Crippen LogP contribution in [0.1, 0.15) is 59.3 Å². The van der Waals surface area contributed by atoms with Crippen LogP contribution in [0.5, 0.6) is 0 Å². The number of rotatable bonds is 10. The van der Waals surface area contributed by atoms with Crippen LogP contribution in [0.25, 0.3) is 11.2 Å². The topological polar surface area (TPSA) is 199 Å². The molecule has 0 saturated carbocycles. The van der Waals surface area contributed by atoms with Crippen molar-refractivity contribution >= 4 is 40.5 Å². The number of nitrogens with two attached hydrogens (primary N) is 4. The van der Waals surface area contributed by atoms with Crippen molar-refractivity contribution in [1.82, 2.24) is 19.9 Å². The number of hydrogen-bond donors (Lipinski definition) is 4. The Morgan fingerprint density at radius 3 is 2.50 bits per heavy atom. The summed E-state index contributed by atoms with van der Waals surface area (Å²) in [5.74, 6) is -1.01. The van der Waals surface area contributed by atoms with Crippen molar-refractivity contribution in [2.24, 2.45) is 11.7 Å². The Hall–Kier alpha value is -4.80. The van der Waals surface area contributed by atoms with Gasteiger partial charge in [-0.1, -0.05) is 43.3 Å². The van der Waals surface area contributed by atoms with Gasteiger partial charge in [0.05, 0.1) is 17.5 Å². The predicted molar refractivity (Wildman–Crippen MR) is 144 cm³/mol. The third-order valence-corrected chi connectivity index (χ3v) is 6.29. The minimum Gasteiger partial charge on any atom is -0.461 e. The minimum atomic E-state index is -0.630. The zero-order chi connectivity index (χ0) is 27.2. The number of nitrogen functional groups attached to an aromatic ring is 3. The van der Waals surface area contributed by atoms with Gasteiger partial charge in [-0.2, -0.15) is 9.97 Å². The predicted octanol–water partition coefficient (Wildman–Crippen LogP) is 2.95. The number of benzene rings is 2. The molecule has 196 valence electrons. The van der Waals surface area contributed by atoms with Crippen LogP contribution in [0.3, 0.4) is 0 Å². The molecule has 2 aromatic heterocycles. The number of esters is 1. The van der Waals surface area contributed by atoms with Crippen LogP contribution < -0.4 is 22.9 Å². The van der Waals surface area contributed by atoms with Gasteiger partial charge < -0.3 is 27.7 Å². The number of ether oxygens (including phenoxy) is 1. The quantitative estimate of drug-likeness (QED) is 0.180. The normalized spacial score (nSPS) is 12.7. The minimum absolute atomic E-state index is 0.00556. The highest BCUT2D eigenvalue weighted by molar-refractivity contribution is 5.98. The van der Waals surface area contributed by atoms with E-state index in [1.165, 1.54) is 0 Å². The highest BCUT2D eigenvalue weighted by atomic mass is 16.5. The highest BCUT2D eigenvalue weighted by Gasteiger charge is 2.23. The SMILES string of the molecule is C[C@@H](CCC(=O)OCc1ccccc1)C[C@@H](c1ccc(N)c(C(N)=O)c1)c1cnc2nc(N)nc(N)c2n1. The van der Waals surface area contributed by atoms with Gasteiger partial charge in [-0.15, -0.1) is 0 Å². The summed E-state index contributed by atoms with van der Waals surface area (Å²) < 4.78 is 5.41. The molecule has 0 unspecified atom stereocenters. The van der Waals surface area contributed by atoms with Gasteiger partial charge >= 0.3 is 5.97 Å². The maximum absolute atomic E-state index is 12.4. The Morgan fingerprint density at radius 1 is 1.00 bits per heavy atom. The first-order valence-corrected chi connectivity index (χ1v) is 12.2. The van der Waals surface area contributed by atoms with Crippen molar-refractivity contribution < 1.29 is 14.3 Å². The van der Waals surface area contributed by atoms with Gasteiger partial charge in [0.15, 0.2) is 17.0 Å². The number of carbonyl (C=O) groups excluding carboxylic acids is 2. The lowest BCUT2D eigenvalue weighted by molar-refractivity contribution is -0.145. The lowest BCUT2D eigenvalue weighted by Gasteiger charge is -2.22. The third kappa shape index (κ3) is 6.30. The van der Waals surface area contributed by atoms with E-state index in [2.05, 4.69) is 15.0 Å². The van der Waals surface area contributed by atoms with Gasteiger partial charge in [-0.3, -0.25) is 9.59 Å². The van der Waals surface area contributed by atoms with E-state index < -0.39 is 5.91 Å². The van der Waals surface area contributed by atoms with E-state index in [1.54, 1.807) is 18.3 Å². The maximum Gasteiger partial charge on any atom is 0.306 e. The molecule has 2 heterocycles. The van der Waals surface area contributed by atoms with Crippen LogP contribution in [0.4, 0.5) is 17.5 Å². The van der Waals surface area contributed by atoms with Gasteiger partial charge in [0, 0.05) is 18.0 Å². The molecule has 0 aliphatic heterocycles. The zero-order valence-corrected chi connectivity index (χ0v) is 21.0. The molecule has 8 N–H and O–H groups in total. The first kappa shape index (κ1) is 26.3. The molecule has 4 aromatic rings. The van der Waals surface area contributed by atoms with Crippen LogP contribution >= 0.6 is 0 Å².